The standard InChI is InChI=1S/C30H28BrN3O6/c1-5-39-26-15-20(13-22(16-32)29(36)33-23-10-8-21(9-11-23)30(37)38-4)14-24(31)28(26)40-17-27(35)34-25-12-18(2)6-7-19(25)3/h6-15H,5,17H2,1-4H3,(H,33,36)(H,34,35)/b22-13-. The zero-order chi connectivity index (χ0) is 29.2. The molecule has 3 rings (SSSR count). The number of carbonyl (C=O) groups is 3. The van der Waals surface area contributed by atoms with Crippen LogP contribution in [-0.2, 0) is 14.3 Å². The maximum Gasteiger partial charge on any atom is 0.337 e. The van der Waals surface area contributed by atoms with Gasteiger partial charge in [-0.05, 0) is 102 Å². The molecule has 0 saturated carbocycles. The third-order valence-corrected chi connectivity index (χ3v) is 6.18. The van der Waals surface area contributed by atoms with Gasteiger partial charge in [0.2, 0.25) is 0 Å². The average molecular weight is 606 g/mol. The summed E-state index contributed by atoms with van der Waals surface area (Å²) in [6.07, 6.45) is 1.41. The van der Waals surface area contributed by atoms with Crippen molar-refractivity contribution >= 4 is 51.2 Å². The number of ether oxygens (including phenoxy) is 3. The number of methoxy groups -OCH3 is 1. The number of nitriles is 1. The molecule has 206 valence electrons. The first-order valence-electron chi connectivity index (χ1n) is 12.2. The summed E-state index contributed by atoms with van der Waals surface area (Å²) in [5.74, 6) is -0.830. The molecule has 3 aromatic carbocycles. The molecule has 0 atom stereocenters. The molecule has 0 heterocycles. The van der Waals surface area contributed by atoms with Gasteiger partial charge in [0.05, 0.1) is 23.8 Å². The zero-order valence-corrected chi connectivity index (χ0v) is 24.0. The number of halogens is 1. The summed E-state index contributed by atoms with van der Waals surface area (Å²) in [6, 6.07) is 17.0. The number of hydrogen-bond acceptors (Lipinski definition) is 7. The van der Waals surface area contributed by atoms with Crippen molar-refractivity contribution in [2.45, 2.75) is 20.8 Å². The Hall–Kier alpha value is -4.62. The van der Waals surface area contributed by atoms with E-state index in [2.05, 4.69) is 31.3 Å². The highest BCUT2D eigenvalue weighted by molar-refractivity contribution is 9.10. The number of carbonyl (C=O) groups excluding carboxylic acids is 3. The second kappa shape index (κ2) is 14.0. The maximum absolute atomic E-state index is 12.8. The minimum absolute atomic E-state index is 0.159. The molecular weight excluding hydrogens is 578 g/mol. The first-order chi connectivity index (χ1) is 19.1. The van der Waals surface area contributed by atoms with Crippen LogP contribution in [0.1, 0.15) is 34.0 Å². The Bertz CT molecular complexity index is 1490. The molecule has 0 bridgehead atoms. The first kappa shape index (κ1) is 29.9. The SMILES string of the molecule is CCOc1cc(/C=C(/C#N)C(=O)Nc2ccc(C(=O)OC)cc2)cc(Br)c1OCC(=O)Nc1cc(C)ccc1C. The first-order valence-corrected chi connectivity index (χ1v) is 13.0. The summed E-state index contributed by atoms with van der Waals surface area (Å²) < 4.78 is 16.6. The molecule has 3 aromatic rings. The second-order valence-electron chi connectivity index (χ2n) is 8.61. The third kappa shape index (κ3) is 7.94. The van der Waals surface area contributed by atoms with Gasteiger partial charge >= 0.3 is 5.97 Å². The second-order valence-corrected chi connectivity index (χ2v) is 9.47. The van der Waals surface area contributed by atoms with Gasteiger partial charge in [-0.1, -0.05) is 12.1 Å². The topological polar surface area (TPSA) is 127 Å². The largest absolute Gasteiger partial charge is 0.490 e. The predicted octanol–water partition coefficient (Wildman–Crippen LogP) is 5.81. The summed E-state index contributed by atoms with van der Waals surface area (Å²) >= 11 is 3.45. The number of hydrogen-bond donors (Lipinski definition) is 2. The van der Waals surface area contributed by atoms with E-state index in [1.807, 2.05) is 38.1 Å². The van der Waals surface area contributed by atoms with Crippen LogP contribution in [0.5, 0.6) is 11.5 Å². The summed E-state index contributed by atoms with van der Waals surface area (Å²) in [6.45, 7) is 5.70. The van der Waals surface area contributed by atoms with Crippen LogP contribution >= 0.6 is 15.9 Å². The Morgan fingerprint density at radius 1 is 1.00 bits per heavy atom. The van der Waals surface area contributed by atoms with E-state index < -0.39 is 11.9 Å². The van der Waals surface area contributed by atoms with Gasteiger partial charge in [-0.15, -0.1) is 0 Å². The highest BCUT2D eigenvalue weighted by atomic mass is 79.9. The van der Waals surface area contributed by atoms with Crippen molar-refractivity contribution in [3.8, 4) is 17.6 Å². The van der Waals surface area contributed by atoms with Crippen LogP contribution in [0, 0.1) is 25.2 Å². The van der Waals surface area contributed by atoms with Crippen LogP contribution in [0.15, 0.2) is 64.6 Å². The molecule has 0 aliphatic rings. The van der Waals surface area contributed by atoms with Gasteiger partial charge in [0.15, 0.2) is 18.1 Å². The van der Waals surface area contributed by atoms with Crippen LogP contribution < -0.4 is 20.1 Å². The van der Waals surface area contributed by atoms with Crippen molar-refractivity contribution in [3.05, 3.63) is 86.9 Å². The summed E-state index contributed by atoms with van der Waals surface area (Å²) in [5, 5.41) is 15.1. The molecule has 0 aliphatic heterocycles. The fourth-order valence-corrected chi connectivity index (χ4v) is 4.16. The van der Waals surface area contributed by atoms with E-state index in [1.165, 1.54) is 37.5 Å². The number of nitrogens with one attached hydrogen (secondary N) is 2. The number of anilines is 2. The van der Waals surface area contributed by atoms with Gasteiger partial charge in [0.1, 0.15) is 11.6 Å². The molecule has 2 amide bonds. The van der Waals surface area contributed by atoms with E-state index in [4.69, 9.17) is 9.47 Å². The minimum Gasteiger partial charge on any atom is -0.490 e. The quantitative estimate of drug-likeness (QED) is 0.169. The van der Waals surface area contributed by atoms with Crippen molar-refractivity contribution in [1.82, 2.24) is 0 Å². The van der Waals surface area contributed by atoms with Gasteiger partial charge in [0.25, 0.3) is 11.8 Å². The summed E-state index contributed by atoms with van der Waals surface area (Å²) in [5.41, 5.74) is 3.73. The number of amides is 2. The zero-order valence-electron chi connectivity index (χ0n) is 22.5. The van der Waals surface area contributed by atoms with Crippen molar-refractivity contribution in [2.75, 3.05) is 31.0 Å². The lowest BCUT2D eigenvalue weighted by atomic mass is 10.1. The molecular formula is C30H28BrN3O6. The molecule has 0 saturated heterocycles. The van der Waals surface area contributed by atoms with Crippen molar-refractivity contribution in [3.63, 3.8) is 0 Å². The van der Waals surface area contributed by atoms with Crippen molar-refractivity contribution < 1.29 is 28.6 Å². The minimum atomic E-state index is -0.633. The molecule has 0 aromatic heterocycles. The van der Waals surface area contributed by atoms with Crippen molar-refractivity contribution in [1.29, 1.82) is 5.26 Å². The molecule has 0 fully saturated rings. The van der Waals surface area contributed by atoms with E-state index >= 15 is 0 Å². The highest BCUT2D eigenvalue weighted by Gasteiger charge is 2.16. The van der Waals surface area contributed by atoms with E-state index in [0.717, 1.165) is 11.1 Å². The van der Waals surface area contributed by atoms with Crippen LogP contribution in [0.3, 0.4) is 0 Å². The van der Waals surface area contributed by atoms with Crippen LogP contribution in [0.4, 0.5) is 11.4 Å². The Labute approximate surface area is 240 Å². The Balaban J connectivity index is 1.76. The molecule has 2 N–H and O–H groups in total. The fraction of sp³-hybridized carbons (Fsp3) is 0.200. The van der Waals surface area contributed by atoms with Crippen LogP contribution in [-0.4, -0.2) is 38.1 Å². The molecule has 0 radical (unpaired) electrons. The van der Waals surface area contributed by atoms with Gasteiger partial charge in [0, 0.05) is 11.4 Å². The van der Waals surface area contributed by atoms with Gasteiger partial charge in [-0.25, -0.2) is 4.79 Å². The number of esters is 1. The van der Waals surface area contributed by atoms with E-state index in [1.54, 1.807) is 19.1 Å². The van der Waals surface area contributed by atoms with Gasteiger partial charge in [-0.3, -0.25) is 9.59 Å². The molecule has 10 heteroatoms. The molecule has 0 unspecified atom stereocenters. The predicted molar refractivity (Wildman–Crippen MR) is 155 cm³/mol. The highest BCUT2D eigenvalue weighted by Crippen LogP contribution is 2.37. The fourth-order valence-electron chi connectivity index (χ4n) is 3.59. The monoisotopic (exact) mass is 605 g/mol. The van der Waals surface area contributed by atoms with E-state index in [0.29, 0.717) is 45.1 Å². The molecule has 0 spiro atoms. The van der Waals surface area contributed by atoms with Gasteiger partial charge < -0.3 is 24.8 Å². The smallest absolute Gasteiger partial charge is 0.337 e. The van der Waals surface area contributed by atoms with Crippen LogP contribution in [0.25, 0.3) is 6.08 Å². The number of rotatable bonds is 10. The number of benzene rings is 3. The maximum atomic E-state index is 12.8. The number of aryl methyl sites for hydroxylation is 2. The van der Waals surface area contributed by atoms with Crippen molar-refractivity contribution in [2.24, 2.45) is 0 Å². The lowest BCUT2D eigenvalue weighted by Crippen LogP contribution is -2.21. The van der Waals surface area contributed by atoms with E-state index in [-0.39, 0.29) is 18.1 Å². The lowest BCUT2D eigenvalue weighted by Gasteiger charge is -2.15. The Morgan fingerprint density at radius 3 is 2.38 bits per heavy atom. The van der Waals surface area contributed by atoms with Gasteiger partial charge in [-0.2, -0.15) is 5.26 Å². The normalized spacial score (nSPS) is 10.8. The Morgan fingerprint density at radius 2 is 1.73 bits per heavy atom. The molecule has 0 aliphatic carbocycles. The Kier molecular flexibility index (Phi) is 10.4. The third-order valence-electron chi connectivity index (χ3n) is 5.59. The molecule has 9 nitrogen and oxygen atoms in total. The summed E-state index contributed by atoms with van der Waals surface area (Å²) in [4.78, 5) is 36.9. The average Bonchev–Trinajstić information content (AvgIpc) is 2.93. The van der Waals surface area contributed by atoms with E-state index in [9.17, 15) is 19.6 Å². The molecule has 40 heavy (non-hydrogen) atoms. The van der Waals surface area contributed by atoms with Crippen LogP contribution in [0.2, 0.25) is 0 Å². The lowest BCUT2D eigenvalue weighted by molar-refractivity contribution is -0.118. The summed E-state index contributed by atoms with van der Waals surface area (Å²) in [7, 11) is 1.28. The number of nitrogens with zero attached hydrogens (tertiary/aromatic N) is 1.